The van der Waals surface area contributed by atoms with E-state index in [4.69, 9.17) is 21.5 Å². The summed E-state index contributed by atoms with van der Waals surface area (Å²) in [6, 6.07) is 16.6. The molecule has 0 saturated carbocycles. The molecule has 0 spiro atoms. The fourth-order valence-corrected chi connectivity index (χ4v) is 3.41. The average molecular weight is 388 g/mol. The van der Waals surface area contributed by atoms with Crippen LogP contribution in [0.4, 0.5) is 0 Å². The van der Waals surface area contributed by atoms with Gasteiger partial charge in [0, 0.05) is 9.92 Å². The van der Waals surface area contributed by atoms with Gasteiger partial charge < -0.3 is 9.94 Å². The van der Waals surface area contributed by atoms with Gasteiger partial charge in [-0.15, -0.1) is 0 Å². The Bertz CT molecular complexity index is 940. The predicted molar refractivity (Wildman–Crippen MR) is 99.9 cm³/mol. The molecule has 0 radical (unpaired) electrons. The second-order valence-electron chi connectivity index (χ2n) is 5.11. The summed E-state index contributed by atoms with van der Waals surface area (Å²) in [6.07, 6.45) is 1.18. The number of ether oxygens (including phenoxy) is 1. The van der Waals surface area contributed by atoms with Gasteiger partial charge in [-0.2, -0.15) is 5.10 Å². The van der Waals surface area contributed by atoms with Crippen molar-refractivity contribution in [3.63, 3.8) is 0 Å². The first-order valence-electron chi connectivity index (χ1n) is 7.51. The monoisotopic (exact) mass is 387 g/mol. The van der Waals surface area contributed by atoms with E-state index < -0.39 is 5.97 Å². The number of halogens is 1. The zero-order chi connectivity index (χ0) is 18.5. The van der Waals surface area contributed by atoms with Gasteiger partial charge in [0.05, 0.1) is 24.6 Å². The number of hydrogen-bond acceptors (Lipinski definition) is 6. The molecule has 1 N–H and O–H groups in total. The molecule has 0 atom stereocenters. The smallest absolute Gasteiger partial charge is 0.359 e. The Hall–Kier alpha value is -2.77. The van der Waals surface area contributed by atoms with Crippen molar-refractivity contribution in [3.8, 4) is 5.69 Å². The number of esters is 1. The van der Waals surface area contributed by atoms with Gasteiger partial charge in [-0.25, -0.2) is 9.48 Å². The number of nitrogens with zero attached hydrogens (tertiary/aromatic N) is 3. The molecule has 0 unspecified atom stereocenters. The summed E-state index contributed by atoms with van der Waals surface area (Å²) in [5.74, 6) is -0.618. The molecule has 1 heterocycles. The predicted octanol–water partition coefficient (Wildman–Crippen LogP) is 4.27. The maximum atomic E-state index is 12.1. The van der Waals surface area contributed by atoms with Crippen molar-refractivity contribution in [1.82, 2.24) is 9.78 Å². The number of benzene rings is 2. The average Bonchev–Trinajstić information content (AvgIpc) is 3.02. The van der Waals surface area contributed by atoms with Gasteiger partial charge in [-0.3, -0.25) is 0 Å². The number of aromatic nitrogens is 2. The van der Waals surface area contributed by atoms with Crippen LogP contribution in [-0.2, 0) is 4.74 Å². The summed E-state index contributed by atoms with van der Waals surface area (Å²) in [6.45, 7) is 0. The van der Waals surface area contributed by atoms with E-state index in [1.54, 1.807) is 16.8 Å². The van der Waals surface area contributed by atoms with E-state index in [9.17, 15) is 4.79 Å². The first kappa shape index (κ1) is 18.0. The van der Waals surface area contributed by atoms with Gasteiger partial charge in [-0.1, -0.05) is 46.7 Å². The lowest BCUT2D eigenvalue weighted by molar-refractivity contribution is 0.0593. The van der Waals surface area contributed by atoms with E-state index in [-0.39, 0.29) is 5.69 Å². The maximum absolute atomic E-state index is 12.1. The van der Waals surface area contributed by atoms with Crippen molar-refractivity contribution in [2.24, 2.45) is 5.16 Å². The normalized spacial score (nSPS) is 11.0. The van der Waals surface area contributed by atoms with Crippen LogP contribution in [0.15, 0.2) is 69.7 Å². The fraction of sp³-hybridized carbons (Fsp3) is 0.0556. The topological polar surface area (TPSA) is 76.7 Å². The molecule has 0 aliphatic rings. The molecule has 0 aliphatic heterocycles. The molecule has 0 saturated heterocycles. The van der Waals surface area contributed by atoms with E-state index in [0.29, 0.717) is 15.6 Å². The van der Waals surface area contributed by atoms with Gasteiger partial charge in [0.15, 0.2) is 5.69 Å². The highest BCUT2D eigenvalue weighted by molar-refractivity contribution is 7.99. The highest BCUT2D eigenvalue weighted by Crippen LogP contribution is 2.34. The molecule has 3 rings (SSSR count). The highest BCUT2D eigenvalue weighted by atomic mass is 35.5. The van der Waals surface area contributed by atoms with Crippen molar-refractivity contribution in [1.29, 1.82) is 0 Å². The Morgan fingerprint density at radius 1 is 1.23 bits per heavy atom. The van der Waals surface area contributed by atoms with Gasteiger partial charge in [0.25, 0.3) is 0 Å². The number of carbonyl (C=O) groups excluding carboxylic acids is 1. The van der Waals surface area contributed by atoms with E-state index in [1.165, 1.54) is 25.1 Å². The van der Waals surface area contributed by atoms with Crippen LogP contribution < -0.4 is 0 Å². The third-order valence-electron chi connectivity index (χ3n) is 3.47. The summed E-state index contributed by atoms with van der Waals surface area (Å²) in [4.78, 5) is 13.0. The lowest BCUT2D eigenvalue weighted by Gasteiger charge is -2.08. The second-order valence-corrected chi connectivity index (χ2v) is 6.61. The largest absolute Gasteiger partial charge is 0.464 e. The number of hydrogen-bond donors (Lipinski definition) is 1. The third-order valence-corrected chi connectivity index (χ3v) is 4.82. The Labute approximate surface area is 159 Å². The van der Waals surface area contributed by atoms with Crippen LogP contribution in [0.2, 0.25) is 5.02 Å². The van der Waals surface area contributed by atoms with Gasteiger partial charge in [-0.05, 0) is 36.4 Å². The Morgan fingerprint density at radius 3 is 2.54 bits per heavy atom. The summed E-state index contributed by atoms with van der Waals surface area (Å²) in [5.41, 5.74) is 1.18. The molecule has 2 aromatic carbocycles. The first-order chi connectivity index (χ1) is 12.6. The molecule has 1 aromatic heterocycles. The van der Waals surface area contributed by atoms with Gasteiger partial charge in [0.2, 0.25) is 0 Å². The van der Waals surface area contributed by atoms with Crippen molar-refractivity contribution in [2.45, 2.75) is 9.92 Å². The highest BCUT2D eigenvalue weighted by Gasteiger charge is 2.24. The van der Waals surface area contributed by atoms with Crippen molar-refractivity contribution >= 4 is 35.5 Å². The standard InChI is InChI=1S/C18H14ClN3O3S/c1-25-18(23)16-15(11-20-24)17(26-14-9-7-12(19)8-10-14)22(21-16)13-5-3-2-4-6-13/h2-11,24H,1H3. The molecular formula is C18H14ClN3O3S. The van der Waals surface area contributed by atoms with Crippen LogP contribution in [0.5, 0.6) is 0 Å². The second kappa shape index (κ2) is 8.07. The Balaban J connectivity index is 2.18. The van der Waals surface area contributed by atoms with Crippen LogP contribution in [-0.4, -0.2) is 34.3 Å². The zero-order valence-electron chi connectivity index (χ0n) is 13.7. The Morgan fingerprint density at radius 2 is 1.92 bits per heavy atom. The summed E-state index contributed by atoms with van der Waals surface area (Å²) < 4.78 is 6.42. The molecule has 26 heavy (non-hydrogen) atoms. The van der Waals surface area contributed by atoms with E-state index in [2.05, 4.69) is 10.3 Å². The molecule has 3 aromatic rings. The molecule has 8 heteroatoms. The van der Waals surface area contributed by atoms with Crippen LogP contribution in [0.3, 0.4) is 0 Å². The number of rotatable bonds is 5. The Kier molecular flexibility index (Phi) is 5.60. The molecule has 0 aliphatic carbocycles. The van der Waals surface area contributed by atoms with Crippen molar-refractivity contribution < 1.29 is 14.7 Å². The summed E-state index contributed by atoms with van der Waals surface area (Å²) in [7, 11) is 1.27. The van der Waals surface area contributed by atoms with E-state index in [0.717, 1.165) is 10.6 Å². The minimum atomic E-state index is -0.618. The maximum Gasteiger partial charge on any atom is 0.359 e. The number of para-hydroxylation sites is 1. The molecule has 6 nitrogen and oxygen atoms in total. The van der Waals surface area contributed by atoms with Gasteiger partial charge >= 0.3 is 5.97 Å². The van der Waals surface area contributed by atoms with Crippen LogP contribution in [0, 0.1) is 0 Å². The van der Waals surface area contributed by atoms with Crippen LogP contribution >= 0.6 is 23.4 Å². The molecular weight excluding hydrogens is 374 g/mol. The number of oxime groups is 1. The lowest BCUT2D eigenvalue weighted by atomic mass is 10.2. The quantitative estimate of drug-likeness (QED) is 0.306. The first-order valence-corrected chi connectivity index (χ1v) is 8.71. The molecule has 0 fully saturated rings. The fourth-order valence-electron chi connectivity index (χ4n) is 2.29. The van der Waals surface area contributed by atoms with E-state index >= 15 is 0 Å². The van der Waals surface area contributed by atoms with Gasteiger partial charge in [0.1, 0.15) is 5.03 Å². The van der Waals surface area contributed by atoms with Crippen LogP contribution in [0.25, 0.3) is 5.69 Å². The van der Waals surface area contributed by atoms with Crippen molar-refractivity contribution in [2.75, 3.05) is 7.11 Å². The SMILES string of the molecule is COC(=O)c1nn(-c2ccccc2)c(Sc2ccc(Cl)cc2)c1C=NO. The third kappa shape index (κ3) is 3.74. The molecule has 132 valence electrons. The number of methoxy groups -OCH3 is 1. The number of carbonyl (C=O) groups is 1. The van der Waals surface area contributed by atoms with Crippen LogP contribution in [0.1, 0.15) is 16.1 Å². The lowest BCUT2D eigenvalue weighted by Crippen LogP contribution is -2.06. The van der Waals surface area contributed by atoms with E-state index in [1.807, 2.05) is 42.5 Å². The zero-order valence-corrected chi connectivity index (χ0v) is 15.2. The summed E-state index contributed by atoms with van der Waals surface area (Å²) >= 11 is 7.31. The molecule has 0 bridgehead atoms. The molecule has 0 amide bonds. The minimum Gasteiger partial charge on any atom is -0.464 e. The summed E-state index contributed by atoms with van der Waals surface area (Å²) in [5, 5.41) is 17.8. The minimum absolute atomic E-state index is 0.0608. The van der Waals surface area contributed by atoms with Crippen molar-refractivity contribution in [3.05, 3.63) is 70.9 Å².